The molecule has 3 rings (SSSR count). The van der Waals surface area contributed by atoms with Gasteiger partial charge < -0.3 is 14.9 Å². The molecule has 2 N–H and O–H groups in total. The first kappa shape index (κ1) is 13.7. The monoisotopic (exact) mass is 286 g/mol. The lowest BCUT2D eigenvalue weighted by Crippen LogP contribution is -2.21. The predicted molar refractivity (Wildman–Crippen MR) is 79.6 cm³/mol. The summed E-state index contributed by atoms with van der Waals surface area (Å²) >= 11 is 0. The first-order chi connectivity index (χ1) is 10.2. The average molecular weight is 286 g/mol. The molecule has 2 aromatic rings. The minimum atomic E-state index is -0.569. The Morgan fingerprint density at radius 1 is 1.05 bits per heavy atom. The summed E-state index contributed by atoms with van der Waals surface area (Å²) < 4.78 is 5.45. The normalized spacial score (nSPS) is 16.0. The van der Waals surface area contributed by atoms with Crippen LogP contribution in [0.1, 0.15) is 42.5 Å². The number of phenols is 2. The molecule has 0 atom stereocenters. The first-order valence-electron chi connectivity index (χ1n) is 7.31. The highest BCUT2D eigenvalue weighted by atomic mass is 16.5. The smallest absolute Gasteiger partial charge is 0.342 e. The highest BCUT2D eigenvalue weighted by molar-refractivity contribution is 6.03. The lowest BCUT2D eigenvalue weighted by Gasteiger charge is -2.22. The molecule has 4 heteroatoms. The Morgan fingerprint density at radius 3 is 2.43 bits per heavy atom. The number of carbonyl (C=O) groups is 1. The Hall–Kier alpha value is -2.23. The molecule has 1 saturated carbocycles. The highest BCUT2D eigenvalue weighted by Crippen LogP contribution is 2.36. The molecular formula is C17H18O4. The second-order valence-electron chi connectivity index (χ2n) is 5.50. The van der Waals surface area contributed by atoms with Crippen molar-refractivity contribution in [1.82, 2.24) is 0 Å². The van der Waals surface area contributed by atoms with Gasteiger partial charge in [-0.3, -0.25) is 0 Å². The fourth-order valence-corrected chi connectivity index (χ4v) is 2.89. The third-order valence-electron chi connectivity index (χ3n) is 4.04. The molecule has 2 aromatic carbocycles. The summed E-state index contributed by atoms with van der Waals surface area (Å²) in [5, 5.41) is 21.2. The van der Waals surface area contributed by atoms with Crippen molar-refractivity contribution in [2.75, 3.05) is 0 Å². The van der Waals surface area contributed by atoms with Gasteiger partial charge in [-0.25, -0.2) is 4.79 Å². The SMILES string of the molecule is O=C(OC1CCCCC1)c1cc(O)c2ccccc2c1O. The molecule has 1 fully saturated rings. The van der Waals surface area contributed by atoms with E-state index in [9.17, 15) is 15.0 Å². The van der Waals surface area contributed by atoms with E-state index in [0.717, 1.165) is 25.7 Å². The van der Waals surface area contributed by atoms with E-state index in [1.54, 1.807) is 24.3 Å². The highest BCUT2D eigenvalue weighted by Gasteiger charge is 2.22. The maximum atomic E-state index is 12.2. The zero-order valence-corrected chi connectivity index (χ0v) is 11.7. The summed E-state index contributed by atoms with van der Waals surface area (Å²) in [6, 6.07) is 8.16. The molecule has 0 amide bonds. The number of fused-ring (bicyclic) bond motifs is 1. The molecule has 1 aliphatic rings. The number of carbonyl (C=O) groups excluding carboxylic acids is 1. The van der Waals surface area contributed by atoms with E-state index in [2.05, 4.69) is 0 Å². The van der Waals surface area contributed by atoms with Crippen molar-refractivity contribution in [1.29, 1.82) is 0 Å². The zero-order valence-electron chi connectivity index (χ0n) is 11.7. The van der Waals surface area contributed by atoms with E-state index in [4.69, 9.17) is 4.74 Å². The summed E-state index contributed by atoms with van der Waals surface area (Å²) in [5.41, 5.74) is 0.0248. The molecule has 0 unspecified atom stereocenters. The average Bonchev–Trinajstić information content (AvgIpc) is 2.52. The van der Waals surface area contributed by atoms with Gasteiger partial charge in [-0.2, -0.15) is 0 Å². The van der Waals surface area contributed by atoms with Crippen molar-refractivity contribution in [2.45, 2.75) is 38.2 Å². The topological polar surface area (TPSA) is 66.8 Å². The molecule has 21 heavy (non-hydrogen) atoms. The van der Waals surface area contributed by atoms with Crippen LogP contribution in [-0.2, 0) is 4.74 Å². The molecule has 0 saturated heterocycles. The van der Waals surface area contributed by atoms with Gasteiger partial charge in [0.15, 0.2) is 0 Å². The van der Waals surface area contributed by atoms with Crippen molar-refractivity contribution < 1.29 is 19.7 Å². The van der Waals surface area contributed by atoms with E-state index in [1.165, 1.54) is 12.5 Å². The van der Waals surface area contributed by atoms with Crippen molar-refractivity contribution >= 4 is 16.7 Å². The third-order valence-corrected chi connectivity index (χ3v) is 4.04. The summed E-state index contributed by atoms with van der Waals surface area (Å²) in [6.07, 6.45) is 4.95. The maximum Gasteiger partial charge on any atom is 0.342 e. The number of benzene rings is 2. The van der Waals surface area contributed by atoms with E-state index in [-0.39, 0.29) is 23.2 Å². The number of phenolic OH excluding ortho intramolecular Hbond substituents is 2. The molecule has 1 aliphatic carbocycles. The van der Waals surface area contributed by atoms with Crippen LogP contribution in [0.5, 0.6) is 11.5 Å². The van der Waals surface area contributed by atoms with Crippen molar-refractivity contribution in [3.05, 3.63) is 35.9 Å². The zero-order chi connectivity index (χ0) is 14.8. The molecule has 0 bridgehead atoms. The largest absolute Gasteiger partial charge is 0.507 e. The van der Waals surface area contributed by atoms with Gasteiger partial charge in [0.1, 0.15) is 23.2 Å². The second kappa shape index (κ2) is 5.64. The number of hydrogen-bond acceptors (Lipinski definition) is 4. The summed E-state index contributed by atoms with van der Waals surface area (Å²) in [4.78, 5) is 12.2. The molecule has 0 spiro atoms. The Kier molecular flexibility index (Phi) is 3.69. The van der Waals surface area contributed by atoms with Crippen LogP contribution in [0.15, 0.2) is 30.3 Å². The lowest BCUT2D eigenvalue weighted by molar-refractivity contribution is 0.0208. The summed E-state index contributed by atoms with van der Waals surface area (Å²) in [7, 11) is 0. The fraction of sp³-hybridized carbons (Fsp3) is 0.353. The van der Waals surface area contributed by atoms with Crippen molar-refractivity contribution in [2.24, 2.45) is 0 Å². The van der Waals surface area contributed by atoms with E-state index in [0.29, 0.717) is 10.8 Å². The van der Waals surface area contributed by atoms with Crippen molar-refractivity contribution in [3.63, 3.8) is 0 Å². The number of aromatic hydroxyl groups is 2. The quantitative estimate of drug-likeness (QED) is 0.652. The lowest BCUT2D eigenvalue weighted by atomic mass is 9.97. The molecule has 0 aliphatic heterocycles. The van der Waals surface area contributed by atoms with Gasteiger partial charge in [0, 0.05) is 10.8 Å². The molecular weight excluding hydrogens is 268 g/mol. The summed E-state index contributed by atoms with van der Waals surface area (Å²) in [5.74, 6) is -0.733. The number of ether oxygens (including phenoxy) is 1. The van der Waals surface area contributed by atoms with E-state index < -0.39 is 5.97 Å². The van der Waals surface area contributed by atoms with Gasteiger partial charge in [-0.05, 0) is 31.7 Å². The Bertz CT molecular complexity index is 672. The number of hydrogen-bond donors (Lipinski definition) is 2. The van der Waals surface area contributed by atoms with Gasteiger partial charge in [0.05, 0.1) is 0 Å². The number of esters is 1. The Balaban J connectivity index is 1.92. The molecule has 0 aromatic heterocycles. The van der Waals surface area contributed by atoms with E-state index in [1.807, 2.05) is 0 Å². The molecule has 4 nitrogen and oxygen atoms in total. The Labute approximate surface area is 123 Å². The van der Waals surface area contributed by atoms with Gasteiger partial charge in [-0.1, -0.05) is 30.7 Å². The van der Waals surface area contributed by atoms with Gasteiger partial charge in [0.25, 0.3) is 0 Å². The Morgan fingerprint density at radius 2 is 1.71 bits per heavy atom. The minimum absolute atomic E-state index is 0.0248. The summed E-state index contributed by atoms with van der Waals surface area (Å²) in [6.45, 7) is 0. The van der Waals surface area contributed by atoms with Crippen LogP contribution in [0.2, 0.25) is 0 Å². The second-order valence-corrected chi connectivity index (χ2v) is 5.50. The third kappa shape index (κ3) is 2.66. The van der Waals surface area contributed by atoms with Crippen LogP contribution in [-0.4, -0.2) is 22.3 Å². The fourth-order valence-electron chi connectivity index (χ4n) is 2.89. The molecule has 0 heterocycles. The van der Waals surface area contributed by atoms with Gasteiger partial charge in [0.2, 0.25) is 0 Å². The van der Waals surface area contributed by atoms with Gasteiger partial charge >= 0.3 is 5.97 Å². The van der Waals surface area contributed by atoms with Gasteiger partial charge in [-0.15, -0.1) is 0 Å². The minimum Gasteiger partial charge on any atom is -0.507 e. The predicted octanol–water partition coefficient (Wildman–Crippen LogP) is 3.74. The number of rotatable bonds is 2. The standard InChI is InChI=1S/C17H18O4/c18-15-10-14(16(19)13-9-5-4-8-12(13)15)17(20)21-11-6-2-1-3-7-11/h4-5,8-11,18-19H,1-3,6-7H2. The maximum absolute atomic E-state index is 12.2. The molecule has 0 radical (unpaired) electrons. The van der Waals surface area contributed by atoms with Crippen LogP contribution < -0.4 is 0 Å². The van der Waals surface area contributed by atoms with Crippen LogP contribution in [0, 0.1) is 0 Å². The van der Waals surface area contributed by atoms with Crippen LogP contribution in [0.25, 0.3) is 10.8 Å². The van der Waals surface area contributed by atoms with Crippen LogP contribution in [0.3, 0.4) is 0 Å². The van der Waals surface area contributed by atoms with Crippen LogP contribution in [0.4, 0.5) is 0 Å². The van der Waals surface area contributed by atoms with Crippen molar-refractivity contribution in [3.8, 4) is 11.5 Å². The molecule has 110 valence electrons. The first-order valence-corrected chi connectivity index (χ1v) is 7.31. The van der Waals surface area contributed by atoms with E-state index >= 15 is 0 Å². The van der Waals surface area contributed by atoms with Crippen LogP contribution >= 0.6 is 0 Å².